The molecule has 3 aromatic rings. The number of aryl methyl sites for hydroxylation is 1. The molecule has 0 bridgehead atoms. The van der Waals surface area contributed by atoms with Gasteiger partial charge in [-0.15, -0.1) is 0 Å². The maximum Gasteiger partial charge on any atom is 0.0720 e. The molecule has 2 aromatic carbocycles. The number of hydrogen-bond donors (Lipinski definition) is 0. The van der Waals surface area contributed by atoms with E-state index in [-0.39, 0.29) is 0 Å². The summed E-state index contributed by atoms with van der Waals surface area (Å²) in [5, 5.41) is 1.79. The van der Waals surface area contributed by atoms with Crippen LogP contribution in [0.25, 0.3) is 10.9 Å². The Morgan fingerprint density at radius 3 is 2.45 bits per heavy atom. The Hall–Kier alpha value is -1.38. The van der Waals surface area contributed by atoms with Crippen molar-refractivity contribution in [1.82, 2.24) is 4.98 Å². The van der Waals surface area contributed by atoms with Crippen molar-refractivity contribution >= 4 is 38.4 Å². The zero-order valence-corrected chi connectivity index (χ0v) is 13.4. The zero-order chi connectivity index (χ0) is 14.1. The standard InChI is InChI=1S/C17H13BrClN/c1-11-8-16(19)15-10-13(4-7-17(15)20-11)9-12-2-5-14(18)6-3-12/h2-8,10H,9H2,1H3. The van der Waals surface area contributed by atoms with Crippen LogP contribution in [0.2, 0.25) is 5.02 Å². The predicted molar refractivity (Wildman–Crippen MR) is 88.4 cm³/mol. The second-order valence-corrected chi connectivity index (χ2v) is 6.22. The molecule has 0 atom stereocenters. The van der Waals surface area contributed by atoms with Crippen LogP contribution in [-0.2, 0) is 6.42 Å². The van der Waals surface area contributed by atoms with Crippen molar-refractivity contribution < 1.29 is 0 Å². The third-order valence-corrected chi connectivity index (χ3v) is 4.11. The van der Waals surface area contributed by atoms with E-state index in [0.29, 0.717) is 0 Å². The van der Waals surface area contributed by atoms with Crippen LogP contribution in [0.3, 0.4) is 0 Å². The molecule has 3 rings (SSSR count). The molecule has 1 heterocycles. The summed E-state index contributed by atoms with van der Waals surface area (Å²) >= 11 is 9.77. The van der Waals surface area contributed by atoms with Gasteiger partial charge in [-0.2, -0.15) is 0 Å². The summed E-state index contributed by atoms with van der Waals surface area (Å²) < 4.78 is 1.10. The van der Waals surface area contributed by atoms with Crippen LogP contribution in [0.15, 0.2) is 53.0 Å². The van der Waals surface area contributed by atoms with Crippen molar-refractivity contribution in [1.29, 1.82) is 0 Å². The van der Waals surface area contributed by atoms with E-state index in [4.69, 9.17) is 11.6 Å². The van der Waals surface area contributed by atoms with Crippen molar-refractivity contribution in [3.8, 4) is 0 Å². The Morgan fingerprint density at radius 1 is 1.00 bits per heavy atom. The average Bonchev–Trinajstić information content (AvgIpc) is 2.42. The lowest BCUT2D eigenvalue weighted by Gasteiger charge is -2.06. The average molecular weight is 347 g/mol. The molecule has 0 aliphatic carbocycles. The van der Waals surface area contributed by atoms with Crippen LogP contribution in [-0.4, -0.2) is 4.98 Å². The normalized spacial score (nSPS) is 10.9. The number of nitrogens with zero attached hydrogens (tertiary/aromatic N) is 1. The van der Waals surface area contributed by atoms with Gasteiger partial charge >= 0.3 is 0 Å². The Kier molecular flexibility index (Phi) is 3.77. The van der Waals surface area contributed by atoms with Crippen LogP contribution in [0.4, 0.5) is 0 Å². The summed E-state index contributed by atoms with van der Waals surface area (Å²) in [6.45, 7) is 1.96. The molecule has 0 saturated heterocycles. The molecule has 0 aliphatic heterocycles. The summed E-state index contributed by atoms with van der Waals surface area (Å²) in [5.41, 5.74) is 4.42. The molecule has 0 spiro atoms. The minimum absolute atomic E-state index is 0.769. The molecular formula is C17H13BrClN. The molecule has 0 aliphatic rings. The summed E-state index contributed by atoms with van der Waals surface area (Å²) in [5.74, 6) is 0. The first-order chi connectivity index (χ1) is 9.61. The highest BCUT2D eigenvalue weighted by atomic mass is 79.9. The minimum Gasteiger partial charge on any atom is -0.253 e. The molecule has 3 heteroatoms. The first-order valence-corrected chi connectivity index (χ1v) is 7.59. The van der Waals surface area contributed by atoms with Crippen molar-refractivity contribution in [2.45, 2.75) is 13.3 Å². The highest BCUT2D eigenvalue weighted by molar-refractivity contribution is 9.10. The van der Waals surface area contributed by atoms with Crippen LogP contribution >= 0.6 is 27.5 Å². The molecule has 0 amide bonds. The second-order valence-electron chi connectivity index (χ2n) is 4.90. The van der Waals surface area contributed by atoms with Crippen molar-refractivity contribution in [2.75, 3.05) is 0 Å². The second kappa shape index (κ2) is 5.55. The fourth-order valence-corrected chi connectivity index (χ4v) is 2.88. The molecular weight excluding hydrogens is 334 g/mol. The third-order valence-electron chi connectivity index (χ3n) is 3.27. The lowest BCUT2D eigenvalue weighted by Crippen LogP contribution is -1.90. The van der Waals surface area contributed by atoms with Crippen LogP contribution in [0, 0.1) is 6.92 Å². The van der Waals surface area contributed by atoms with Gasteiger partial charge < -0.3 is 0 Å². The third kappa shape index (κ3) is 2.87. The van der Waals surface area contributed by atoms with E-state index >= 15 is 0 Å². The fraction of sp³-hybridized carbons (Fsp3) is 0.118. The van der Waals surface area contributed by atoms with E-state index in [0.717, 1.165) is 32.5 Å². The smallest absolute Gasteiger partial charge is 0.0720 e. The number of aromatic nitrogens is 1. The van der Waals surface area contributed by atoms with E-state index in [1.807, 2.05) is 19.1 Å². The summed E-state index contributed by atoms with van der Waals surface area (Å²) in [6.07, 6.45) is 0.896. The summed E-state index contributed by atoms with van der Waals surface area (Å²) in [6, 6.07) is 16.6. The van der Waals surface area contributed by atoms with Gasteiger partial charge in [0, 0.05) is 15.6 Å². The van der Waals surface area contributed by atoms with E-state index in [2.05, 4.69) is 57.3 Å². The largest absolute Gasteiger partial charge is 0.253 e. The van der Waals surface area contributed by atoms with Gasteiger partial charge in [-0.3, -0.25) is 4.98 Å². The zero-order valence-electron chi connectivity index (χ0n) is 11.0. The first kappa shape index (κ1) is 13.6. The molecule has 20 heavy (non-hydrogen) atoms. The van der Waals surface area contributed by atoms with E-state index in [1.165, 1.54) is 11.1 Å². The summed E-state index contributed by atoms with van der Waals surface area (Å²) in [4.78, 5) is 4.51. The number of hydrogen-bond acceptors (Lipinski definition) is 1. The van der Waals surface area contributed by atoms with E-state index in [9.17, 15) is 0 Å². The van der Waals surface area contributed by atoms with Crippen molar-refractivity contribution in [3.05, 3.63) is 74.8 Å². The molecule has 0 unspecified atom stereocenters. The Bertz CT molecular complexity index is 766. The van der Waals surface area contributed by atoms with Gasteiger partial charge in [0.25, 0.3) is 0 Å². The number of rotatable bonds is 2. The van der Waals surface area contributed by atoms with Gasteiger partial charge in [0.15, 0.2) is 0 Å². The molecule has 0 saturated carbocycles. The van der Waals surface area contributed by atoms with Gasteiger partial charge in [0.05, 0.1) is 10.5 Å². The molecule has 0 radical (unpaired) electrons. The Labute approximate surface area is 131 Å². The maximum absolute atomic E-state index is 6.31. The van der Waals surface area contributed by atoms with Gasteiger partial charge in [-0.05, 0) is 54.8 Å². The van der Waals surface area contributed by atoms with Gasteiger partial charge in [0.2, 0.25) is 0 Å². The van der Waals surface area contributed by atoms with Crippen LogP contribution < -0.4 is 0 Å². The number of pyridine rings is 1. The fourth-order valence-electron chi connectivity index (χ4n) is 2.30. The lowest BCUT2D eigenvalue weighted by molar-refractivity contribution is 1.19. The molecule has 0 fully saturated rings. The molecule has 0 N–H and O–H groups in total. The first-order valence-electron chi connectivity index (χ1n) is 6.42. The number of fused-ring (bicyclic) bond motifs is 1. The Balaban J connectivity index is 1.98. The number of benzene rings is 2. The van der Waals surface area contributed by atoms with Gasteiger partial charge in [-0.1, -0.05) is 45.7 Å². The Morgan fingerprint density at radius 2 is 1.70 bits per heavy atom. The van der Waals surface area contributed by atoms with Gasteiger partial charge in [0.1, 0.15) is 0 Å². The predicted octanol–water partition coefficient (Wildman–Crippen LogP) is 5.55. The highest BCUT2D eigenvalue weighted by Gasteiger charge is 2.04. The lowest BCUT2D eigenvalue weighted by atomic mass is 10.0. The molecule has 100 valence electrons. The van der Waals surface area contributed by atoms with Crippen LogP contribution in [0.5, 0.6) is 0 Å². The van der Waals surface area contributed by atoms with E-state index in [1.54, 1.807) is 0 Å². The van der Waals surface area contributed by atoms with Crippen molar-refractivity contribution in [3.63, 3.8) is 0 Å². The minimum atomic E-state index is 0.769. The topological polar surface area (TPSA) is 12.9 Å². The molecule has 1 nitrogen and oxygen atoms in total. The van der Waals surface area contributed by atoms with Gasteiger partial charge in [-0.25, -0.2) is 0 Å². The molecule has 1 aromatic heterocycles. The monoisotopic (exact) mass is 345 g/mol. The highest BCUT2D eigenvalue weighted by Crippen LogP contribution is 2.25. The van der Waals surface area contributed by atoms with Crippen molar-refractivity contribution in [2.24, 2.45) is 0 Å². The number of halogens is 2. The van der Waals surface area contributed by atoms with Crippen LogP contribution in [0.1, 0.15) is 16.8 Å². The summed E-state index contributed by atoms with van der Waals surface area (Å²) in [7, 11) is 0. The SMILES string of the molecule is Cc1cc(Cl)c2cc(Cc3ccc(Br)cc3)ccc2n1. The van der Waals surface area contributed by atoms with E-state index < -0.39 is 0 Å². The maximum atomic E-state index is 6.31. The quantitative estimate of drug-likeness (QED) is 0.593.